The van der Waals surface area contributed by atoms with Crippen LogP contribution in [0.5, 0.6) is 5.75 Å². The van der Waals surface area contributed by atoms with Crippen molar-refractivity contribution in [3.05, 3.63) is 53.4 Å². The Balaban J connectivity index is 1.58. The summed E-state index contributed by atoms with van der Waals surface area (Å²) in [5, 5.41) is 14.3. The first-order chi connectivity index (χ1) is 14.4. The Hall–Kier alpha value is -2.37. The highest BCUT2D eigenvalue weighted by Crippen LogP contribution is 2.35. The van der Waals surface area contributed by atoms with Crippen LogP contribution in [0, 0.1) is 11.7 Å². The van der Waals surface area contributed by atoms with E-state index in [1.54, 1.807) is 6.07 Å². The van der Waals surface area contributed by atoms with Crippen LogP contribution < -0.4 is 5.32 Å². The van der Waals surface area contributed by atoms with E-state index < -0.39 is 11.6 Å². The third kappa shape index (κ3) is 4.52. The third-order valence-electron chi connectivity index (χ3n) is 5.92. The number of pyridine rings is 1. The molecular weight excluding hydrogens is 401 g/mol. The summed E-state index contributed by atoms with van der Waals surface area (Å²) >= 11 is 5.97. The molecule has 1 aromatic heterocycles. The lowest BCUT2D eigenvalue weighted by atomic mass is 9.85. The largest absolute Gasteiger partial charge is 0.504 e. The molecule has 4 nitrogen and oxygen atoms in total. The van der Waals surface area contributed by atoms with Crippen LogP contribution in [0.3, 0.4) is 0 Å². The smallest absolute Gasteiger partial charge is 0.170 e. The quantitative estimate of drug-likeness (QED) is 0.529. The minimum atomic E-state index is -0.725. The summed E-state index contributed by atoms with van der Waals surface area (Å²) in [7, 11) is 4.27. The minimum Gasteiger partial charge on any atom is -0.504 e. The van der Waals surface area contributed by atoms with Crippen LogP contribution in [-0.2, 0) is 0 Å². The predicted molar refractivity (Wildman–Crippen MR) is 122 cm³/mol. The van der Waals surface area contributed by atoms with Crippen molar-refractivity contribution in [1.82, 2.24) is 9.88 Å². The van der Waals surface area contributed by atoms with Crippen molar-refractivity contribution in [3.8, 4) is 16.9 Å². The summed E-state index contributed by atoms with van der Waals surface area (Å²) in [6.45, 7) is 1.15. The van der Waals surface area contributed by atoms with Gasteiger partial charge in [-0.15, -0.1) is 0 Å². The monoisotopic (exact) mass is 427 g/mol. The molecule has 0 spiro atoms. The van der Waals surface area contributed by atoms with Gasteiger partial charge in [-0.3, -0.25) is 4.98 Å². The topological polar surface area (TPSA) is 48.4 Å². The Morgan fingerprint density at radius 1 is 1.10 bits per heavy atom. The van der Waals surface area contributed by atoms with Gasteiger partial charge in [0, 0.05) is 29.9 Å². The zero-order valence-corrected chi connectivity index (χ0v) is 18.1. The lowest BCUT2D eigenvalue weighted by molar-refractivity contribution is 0.255. The van der Waals surface area contributed by atoms with Crippen LogP contribution in [0.4, 0.5) is 10.1 Å². The maximum Gasteiger partial charge on any atom is 0.170 e. The summed E-state index contributed by atoms with van der Waals surface area (Å²) < 4.78 is 14.0. The highest BCUT2D eigenvalue weighted by molar-refractivity contribution is 6.32. The Morgan fingerprint density at radius 2 is 1.87 bits per heavy atom. The number of nitrogens with one attached hydrogen (secondary N) is 1. The van der Waals surface area contributed by atoms with Crippen LogP contribution in [0.25, 0.3) is 22.0 Å². The summed E-state index contributed by atoms with van der Waals surface area (Å²) in [5.74, 6) is -0.473. The number of benzene rings is 2. The first-order valence-electron chi connectivity index (χ1n) is 10.4. The van der Waals surface area contributed by atoms with Crippen LogP contribution in [0.15, 0.2) is 42.6 Å². The number of nitrogens with zero attached hydrogens (tertiary/aromatic N) is 2. The van der Waals surface area contributed by atoms with Gasteiger partial charge in [0.25, 0.3) is 0 Å². The first kappa shape index (κ1) is 20.9. The molecule has 1 fully saturated rings. The van der Waals surface area contributed by atoms with Crippen molar-refractivity contribution in [2.45, 2.75) is 31.7 Å². The van der Waals surface area contributed by atoms with Gasteiger partial charge in [0.05, 0.1) is 10.5 Å². The molecule has 0 unspecified atom stereocenters. The van der Waals surface area contributed by atoms with Crippen LogP contribution in [-0.4, -0.2) is 41.7 Å². The molecule has 2 aromatic carbocycles. The van der Waals surface area contributed by atoms with E-state index in [0.29, 0.717) is 11.6 Å². The number of aromatic nitrogens is 1. The molecule has 6 heteroatoms. The Bertz CT molecular complexity index is 1020. The number of rotatable bonds is 5. The van der Waals surface area contributed by atoms with Gasteiger partial charge in [0.2, 0.25) is 0 Å². The molecule has 0 atom stereocenters. The van der Waals surface area contributed by atoms with Crippen LogP contribution >= 0.6 is 11.6 Å². The van der Waals surface area contributed by atoms with Crippen LogP contribution in [0.1, 0.15) is 25.7 Å². The average Bonchev–Trinajstić information content (AvgIpc) is 2.72. The van der Waals surface area contributed by atoms with Gasteiger partial charge in [-0.25, -0.2) is 4.39 Å². The molecule has 1 heterocycles. The van der Waals surface area contributed by atoms with Crippen molar-refractivity contribution in [3.63, 3.8) is 0 Å². The van der Waals surface area contributed by atoms with E-state index in [0.717, 1.165) is 47.5 Å². The minimum absolute atomic E-state index is 0.00381. The van der Waals surface area contributed by atoms with E-state index in [-0.39, 0.29) is 5.02 Å². The van der Waals surface area contributed by atoms with E-state index >= 15 is 0 Å². The fraction of sp³-hybridized carbons (Fsp3) is 0.375. The van der Waals surface area contributed by atoms with Gasteiger partial charge in [0.15, 0.2) is 11.6 Å². The molecule has 0 bridgehead atoms. The number of phenols is 1. The van der Waals surface area contributed by atoms with Crippen molar-refractivity contribution >= 4 is 28.2 Å². The molecule has 0 saturated heterocycles. The standard InChI is InChI=1S/C24H27ClFN3O/c1-29(2)14-15-3-6-18(7-4-15)28-23-9-10-27-22-8-5-16(11-19(22)23)17-12-20(25)24(30)21(26)13-17/h5,8-13,15,18,30H,3-4,6-7,14H2,1-2H3,(H,27,28). The number of phenolic OH excluding ortho intramolecular Hbond substituents is 1. The van der Waals surface area contributed by atoms with Crippen LogP contribution in [0.2, 0.25) is 5.02 Å². The summed E-state index contributed by atoms with van der Waals surface area (Å²) in [6, 6.07) is 11.2. The SMILES string of the molecule is CN(C)CC1CCC(Nc2ccnc3ccc(-c4cc(F)c(O)c(Cl)c4)cc23)CC1. The molecule has 4 rings (SSSR count). The number of anilines is 1. The van der Waals surface area contributed by atoms with Gasteiger partial charge in [-0.1, -0.05) is 17.7 Å². The average molecular weight is 428 g/mol. The molecule has 1 saturated carbocycles. The number of aromatic hydroxyl groups is 1. The highest BCUT2D eigenvalue weighted by Gasteiger charge is 2.22. The maximum atomic E-state index is 14.0. The second-order valence-electron chi connectivity index (χ2n) is 8.50. The Kier molecular flexibility index (Phi) is 6.11. The lowest BCUT2D eigenvalue weighted by Crippen LogP contribution is -2.30. The molecular formula is C24H27ClFN3O. The second-order valence-corrected chi connectivity index (χ2v) is 8.91. The molecule has 30 heavy (non-hydrogen) atoms. The Labute approximate surface area is 181 Å². The molecule has 1 aliphatic carbocycles. The first-order valence-corrected chi connectivity index (χ1v) is 10.8. The van der Waals surface area contributed by atoms with Crippen molar-refractivity contribution < 1.29 is 9.50 Å². The molecule has 158 valence electrons. The lowest BCUT2D eigenvalue weighted by Gasteiger charge is -2.31. The zero-order valence-electron chi connectivity index (χ0n) is 17.3. The van der Waals surface area contributed by atoms with Gasteiger partial charge < -0.3 is 15.3 Å². The van der Waals surface area contributed by atoms with Crippen molar-refractivity contribution in [2.75, 3.05) is 26.0 Å². The molecule has 0 radical (unpaired) electrons. The number of halogens is 2. The summed E-state index contributed by atoms with van der Waals surface area (Å²) in [6.07, 6.45) is 6.59. The van der Waals surface area contributed by atoms with Crippen molar-refractivity contribution in [1.29, 1.82) is 0 Å². The third-order valence-corrected chi connectivity index (χ3v) is 6.21. The Morgan fingerprint density at radius 3 is 2.57 bits per heavy atom. The van der Waals surface area contributed by atoms with E-state index in [4.69, 9.17) is 11.6 Å². The normalized spacial score (nSPS) is 19.4. The van der Waals surface area contributed by atoms with Gasteiger partial charge in [0.1, 0.15) is 0 Å². The molecule has 3 aromatic rings. The molecule has 0 amide bonds. The zero-order chi connectivity index (χ0) is 21.3. The van der Waals surface area contributed by atoms with E-state index in [1.165, 1.54) is 18.9 Å². The summed E-state index contributed by atoms with van der Waals surface area (Å²) in [5.41, 5.74) is 3.38. The number of hydrogen-bond acceptors (Lipinski definition) is 4. The van der Waals surface area contributed by atoms with Gasteiger partial charge in [-0.05, 0) is 87.2 Å². The maximum absolute atomic E-state index is 14.0. The fourth-order valence-corrected chi connectivity index (χ4v) is 4.62. The molecule has 1 aliphatic rings. The second kappa shape index (κ2) is 8.78. The van der Waals surface area contributed by atoms with E-state index in [1.807, 2.05) is 30.5 Å². The molecule has 0 aliphatic heterocycles. The summed E-state index contributed by atoms with van der Waals surface area (Å²) in [4.78, 5) is 6.75. The fourth-order valence-electron chi connectivity index (χ4n) is 4.41. The van der Waals surface area contributed by atoms with Gasteiger partial charge in [-0.2, -0.15) is 0 Å². The number of fused-ring (bicyclic) bond motifs is 1. The molecule has 2 N–H and O–H groups in total. The number of hydrogen-bond donors (Lipinski definition) is 2. The van der Waals surface area contributed by atoms with Gasteiger partial charge >= 0.3 is 0 Å². The van der Waals surface area contributed by atoms with E-state index in [9.17, 15) is 9.50 Å². The van der Waals surface area contributed by atoms with E-state index in [2.05, 4.69) is 29.3 Å². The highest BCUT2D eigenvalue weighted by atomic mass is 35.5. The predicted octanol–water partition coefficient (Wildman–Crippen LogP) is 5.93. The van der Waals surface area contributed by atoms with Crippen molar-refractivity contribution in [2.24, 2.45) is 5.92 Å².